The van der Waals surface area contributed by atoms with Crippen molar-refractivity contribution < 1.29 is 4.79 Å². The molecule has 3 aromatic carbocycles. The van der Waals surface area contributed by atoms with E-state index >= 15 is 0 Å². The lowest BCUT2D eigenvalue weighted by molar-refractivity contribution is -0.117. The Morgan fingerprint density at radius 2 is 1.87 bits per heavy atom. The first-order valence-electron chi connectivity index (χ1n) is 10.1. The molecule has 0 unspecified atom stereocenters. The van der Waals surface area contributed by atoms with E-state index in [1.165, 1.54) is 0 Å². The second kappa shape index (κ2) is 7.62. The largest absolute Gasteiger partial charge is 0.323 e. The molecule has 2 heterocycles. The van der Waals surface area contributed by atoms with E-state index in [-0.39, 0.29) is 11.8 Å². The van der Waals surface area contributed by atoms with Gasteiger partial charge in [0, 0.05) is 36.1 Å². The van der Waals surface area contributed by atoms with Crippen LogP contribution < -0.4 is 4.90 Å². The second-order valence-corrected chi connectivity index (χ2v) is 8.36. The van der Waals surface area contributed by atoms with Gasteiger partial charge in [-0.2, -0.15) is 0 Å². The van der Waals surface area contributed by atoms with Crippen LogP contribution in [0.25, 0.3) is 11.0 Å². The number of imidazole rings is 1. The molecule has 0 N–H and O–H groups in total. The Morgan fingerprint density at radius 3 is 2.70 bits per heavy atom. The maximum Gasteiger partial charge on any atom is 0.227 e. The maximum absolute atomic E-state index is 12.9. The normalized spacial score (nSPS) is 16.5. The van der Waals surface area contributed by atoms with E-state index in [4.69, 9.17) is 16.6 Å². The lowest BCUT2D eigenvalue weighted by Crippen LogP contribution is -2.24. The molecule has 4 aromatic rings. The minimum absolute atomic E-state index is 0.0459. The summed E-state index contributed by atoms with van der Waals surface area (Å²) in [5, 5.41) is 0.722. The number of aromatic nitrogens is 2. The van der Waals surface area contributed by atoms with Gasteiger partial charge in [-0.3, -0.25) is 4.79 Å². The molecular weight excluding hydrogens is 394 g/mol. The highest BCUT2D eigenvalue weighted by atomic mass is 35.5. The molecule has 5 rings (SSSR count). The third-order valence-corrected chi connectivity index (χ3v) is 5.95. The van der Waals surface area contributed by atoms with Crippen LogP contribution in [0.2, 0.25) is 5.02 Å². The molecule has 1 aliphatic heterocycles. The lowest BCUT2D eigenvalue weighted by atomic mass is 10.1. The number of hydrogen-bond donors (Lipinski definition) is 0. The number of fused-ring (bicyclic) bond motifs is 1. The molecule has 0 aliphatic carbocycles. The van der Waals surface area contributed by atoms with E-state index < -0.39 is 0 Å². The topological polar surface area (TPSA) is 38.1 Å². The van der Waals surface area contributed by atoms with Gasteiger partial charge < -0.3 is 9.47 Å². The molecule has 4 nitrogen and oxygen atoms in total. The zero-order chi connectivity index (χ0) is 20.7. The van der Waals surface area contributed by atoms with E-state index in [1.807, 2.05) is 66.4 Å². The van der Waals surface area contributed by atoms with Gasteiger partial charge >= 0.3 is 0 Å². The van der Waals surface area contributed by atoms with Gasteiger partial charge in [0.2, 0.25) is 5.91 Å². The Bertz CT molecular complexity index is 1250. The van der Waals surface area contributed by atoms with E-state index in [1.54, 1.807) is 0 Å². The third kappa shape index (κ3) is 3.48. The molecule has 150 valence electrons. The summed E-state index contributed by atoms with van der Waals surface area (Å²) in [4.78, 5) is 19.7. The number of hydrogen-bond acceptors (Lipinski definition) is 2. The van der Waals surface area contributed by atoms with Crippen molar-refractivity contribution in [2.24, 2.45) is 0 Å². The molecule has 0 radical (unpaired) electrons. The SMILES string of the molecule is Cc1cccc(N2C[C@H](c3nc4ccccc4n3Cc3cccc(Cl)c3)CC2=O)c1. The standard InChI is InChI=1S/C25H22ClN3O/c1-17-6-4-9-21(12-17)28-16-19(14-24(28)30)25-27-22-10-2-3-11-23(22)29(25)15-18-7-5-8-20(26)13-18/h2-13,19H,14-16H2,1H3/t19-/m1/s1. The predicted molar refractivity (Wildman–Crippen MR) is 121 cm³/mol. The second-order valence-electron chi connectivity index (χ2n) is 7.92. The number of para-hydroxylation sites is 2. The molecule has 1 fully saturated rings. The van der Waals surface area contributed by atoms with Crippen LogP contribution in [0.4, 0.5) is 5.69 Å². The molecule has 0 bridgehead atoms. The maximum atomic E-state index is 12.9. The highest BCUT2D eigenvalue weighted by Crippen LogP contribution is 2.34. The number of nitrogens with zero attached hydrogens (tertiary/aromatic N) is 3. The van der Waals surface area contributed by atoms with Crippen LogP contribution in [-0.2, 0) is 11.3 Å². The first-order chi connectivity index (χ1) is 14.6. The van der Waals surface area contributed by atoms with Crippen LogP contribution in [0.5, 0.6) is 0 Å². The van der Waals surface area contributed by atoms with Crippen LogP contribution in [-0.4, -0.2) is 22.0 Å². The summed E-state index contributed by atoms with van der Waals surface area (Å²) in [6.45, 7) is 3.36. The molecule has 0 spiro atoms. The first-order valence-corrected chi connectivity index (χ1v) is 10.5. The van der Waals surface area contributed by atoms with Crippen LogP contribution in [0.1, 0.15) is 29.3 Å². The van der Waals surface area contributed by atoms with Crippen molar-refractivity contribution in [3.8, 4) is 0 Å². The number of carbonyl (C=O) groups excluding carboxylic acids is 1. The van der Waals surface area contributed by atoms with Crippen molar-refractivity contribution in [2.45, 2.75) is 25.8 Å². The van der Waals surface area contributed by atoms with Crippen LogP contribution >= 0.6 is 11.6 Å². The molecule has 5 heteroatoms. The van der Waals surface area contributed by atoms with Gasteiger partial charge in [-0.05, 0) is 54.4 Å². The number of anilines is 1. The molecule has 1 atom stereocenters. The summed E-state index contributed by atoms with van der Waals surface area (Å²) in [7, 11) is 0. The predicted octanol–water partition coefficient (Wildman–Crippen LogP) is 5.57. The number of amides is 1. The highest BCUT2D eigenvalue weighted by molar-refractivity contribution is 6.30. The Balaban J connectivity index is 1.53. The Morgan fingerprint density at radius 1 is 1.03 bits per heavy atom. The van der Waals surface area contributed by atoms with Gasteiger partial charge in [-0.1, -0.05) is 48.0 Å². The molecule has 30 heavy (non-hydrogen) atoms. The van der Waals surface area contributed by atoms with Gasteiger partial charge in [0.15, 0.2) is 0 Å². The number of benzene rings is 3. The quantitative estimate of drug-likeness (QED) is 0.437. The van der Waals surface area contributed by atoms with Crippen LogP contribution in [0.15, 0.2) is 72.8 Å². The Labute approximate surface area is 180 Å². The number of halogens is 1. The fourth-order valence-corrected chi connectivity index (χ4v) is 4.53. The lowest BCUT2D eigenvalue weighted by Gasteiger charge is -2.18. The van der Waals surface area contributed by atoms with Crippen LogP contribution in [0.3, 0.4) is 0 Å². The van der Waals surface area contributed by atoms with E-state index in [0.717, 1.165) is 38.7 Å². The summed E-state index contributed by atoms with van der Waals surface area (Å²) in [5.41, 5.74) is 5.26. The van der Waals surface area contributed by atoms with Crippen molar-refractivity contribution in [1.82, 2.24) is 9.55 Å². The van der Waals surface area contributed by atoms with Gasteiger partial charge in [-0.15, -0.1) is 0 Å². The van der Waals surface area contributed by atoms with Crippen molar-refractivity contribution in [1.29, 1.82) is 0 Å². The number of aryl methyl sites for hydroxylation is 1. The molecule has 1 aromatic heterocycles. The average molecular weight is 416 g/mol. The Hall–Kier alpha value is -3.11. The summed E-state index contributed by atoms with van der Waals surface area (Å²) >= 11 is 6.21. The molecule has 0 saturated carbocycles. The van der Waals surface area contributed by atoms with Crippen molar-refractivity contribution in [2.75, 3.05) is 11.4 Å². The first kappa shape index (κ1) is 18.9. The minimum Gasteiger partial charge on any atom is -0.323 e. The molecule has 1 aliphatic rings. The minimum atomic E-state index is 0.0459. The summed E-state index contributed by atoms with van der Waals surface area (Å²) in [6, 6.07) is 24.2. The average Bonchev–Trinajstić information content (AvgIpc) is 3.29. The zero-order valence-corrected chi connectivity index (χ0v) is 17.5. The fourth-order valence-electron chi connectivity index (χ4n) is 4.32. The highest BCUT2D eigenvalue weighted by Gasteiger charge is 2.34. The van der Waals surface area contributed by atoms with Crippen LogP contribution in [0, 0.1) is 6.92 Å². The smallest absolute Gasteiger partial charge is 0.227 e. The molecular formula is C25H22ClN3O. The van der Waals surface area contributed by atoms with Gasteiger partial charge in [0.1, 0.15) is 5.82 Å². The summed E-state index contributed by atoms with van der Waals surface area (Å²) in [5.74, 6) is 1.15. The monoisotopic (exact) mass is 415 g/mol. The van der Waals surface area contributed by atoms with Gasteiger partial charge in [-0.25, -0.2) is 4.98 Å². The summed E-state index contributed by atoms with van der Waals surface area (Å²) in [6.07, 6.45) is 0.465. The number of rotatable bonds is 4. The fraction of sp³-hybridized carbons (Fsp3) is 0.200. The van der Waals surface area contributed by atoms with E-state index in [2.05, 4.69) is 22.8 Å². The van der Waals surface area contributed by atoms with Crippen molar-refractivity contribution >= 4 is 34.2 Å². The third-order valence-electron chi connectivity index (χ3n) is 5.72. The Kier molecular flexibility index (Phi) is 4.80. The van der Waals surface area contributed by atoms with Gasteiger partial charge in [0.25, 0.3) is 0 Å². The van der Waals surface area contributed by atoms with Crippen molar-refractivity contribution in [3.63, 3.8) is 0 Å². The molecule has 1 amide bonds. The van der Waals surface area contributed by atoms with Gasteiger partial charge in [0.05, 0.1) is 11.0 Å². The molecule has 1 saturated heterocycles. The van der Waals surface area contributed by atoms with E-state index in [9.17, 15) is 4.79 Å². The summed E-state index contributed by atoms with van der Waals surface area (Å²) < 4.78 is 2.23. The van der Waals surface area contributed by atoms with Crippen molar-refractivity contribution in [3.05, 3.63) is 94.8 Å². The zero-order valence-electron chi connectivity index (χ0n) is 16.8. The van der Waals surface area contributed by atoms with E-state index in [0.29, 0.717) is 19.5 Å². The number of carbonyl (C=O) groups is 1.